The molecule has 0 aliphatic heterocycles. The van der Waals surface area contributed by atoms with E-state index in [0.29, 0.717) is 0 Å². The number of aryl methyl sites for hydroxylation is 1. The highest BCUT2D eigenvalue weighted by Gasteiger charge is 2.21. The van der Waals surface area contributed by atoms with Crippen LogP contribution in [0.2, 0.25) is 0 Å². The van der Waals surface area contributed by atoms with Gasteiger partial charge in [0, 0.05) is 50.0 Å². The molecule has 0 atom stereocenters. The van der Waals surface area contributed by atoms with Crippen molar-refractivity contribution in [3.8, 4) is 22.5 Å². The smallest absolute Gasteiger partial charge is 0.0641 e. The fourth-order valence-corrected chi connectivity index (χ4v) is 9.15. The Labute approximate surface area is 361 Å². The van der Waals surface area contributed by atoms with Crippen molar-refractivity contribution < 1.29 is 0 Å². The zero-order valence-corrected chi connectivity index (χ0v) is 34.4. The van der Waals surface area contributed by atoms with Crippen LogP contribution in [-0.4, -0.2) is 9.13 Å². The zero-order chi connectivity index (χ0) is 41.4. The summed E-state index contributed by atoms with van der Waals surface area (Å²) in [6, 6.07) is 87.1. The third-order valence-corrected chi connectivity index (χ3v) is 12.0. The van der Waals surface area contributed by atoms with E-state index in [2.05, 4.69) is 245 Å². The third-order valence-electron chi connectivity index (χ3n) is 12.0. The molecule has 12 rings (SSSR count). The summed E-state index contributed by atoms with van der Waals surface area (Å²) in [5.41, 5.74) is 14.2. The van der Waals surface area contributed by atoms with Gasteiger partial charge in [0.15, 0.2) is 0 Å². The van der Waals surface area contributed by atoms with E-state index < -0.39 is 0 Å². The maximum atomic E-state index is 2.49. The highest BCUT2D eigenvalue weighted by molar-refractivity contribution is 6.26. The molecule has 0 aliphatic carbocycles. The Morgan fingerprint density at radius 3 is 1.63 bits per heavy atom. The first-order valence-electron chi connectivity index (χ1n) is 21.3. The highest BCUT2D eigenvalue weighted by atomic mass is 15.1. The monoisotopic (exact) mass is 793 g/mol. The van der Waals surface area contributed by atoms with Crippen LogP contribution in [-0.2, 0) is 0 Å². The SMILES string of the molecule is Cc1ccccc1.c1ccc(-c2cccc(N(c3ccccc3)c3ccc4ccc(-n5c6ccccc6c6ccc7c(c8ccccc8n7-c7ccccc7)c65)cc4c3)c2)cc1. The molecule has 10 aromatic carbocycles. The van der Waals surface area contributed by atoms with E-state index in [-0.39, 0.29) is 0 Å². The Kier molecular flexibility index (Phi) is 9.40. The fraction of sp³-hybridized carbons (Fsp3) is 0.0169. The number of rotatable bonds is 6. The summed E-state index contributed by atoms with van der Waals surface area (Å²) in [7, 11) is 0. The van der Waals surface area contributed by atoms with Crippen molar-refractivity contribution in [1.29, 1.82) is 0 Å². The number of para-hydroxylation sites is 4. The van der Waals surface area contributed by atoms with Gasteiger partial charge in [0.2, 0.25) is 0 Å². The maximum absolute atomic E-state index is 2.49. The summed E-state index contributed by atoms with van der Waals surface area (Å²) >= 11 is 0. The summed E-state index contributed by atoms with van der Waals surface area (Å²) in [6.07, 6.45) is 0. The van der Waals surface area contributed by atoms with Gasteiger partial charge in [0.1, 0.15) is 0 Å². The molecule has 0 bridgehead atoms. The highest BCUT2D eigenvalue weighted by Crippen LogP contribution is 2.43. The van der Waals surface area contributed by atoms with E-state index in [1.807, 2.05) is 18.2 Å². The van der Waals surface area contributed by atoms with E-state index >= 15 is 0 Å². The summed E-state index contributed by atoms with van der Waals surface area (Å²) in [6.45, 7) is 2.08. The standard InChI is InChI=1S/C52H35N3.C7H8/c1-4-15-36(16-5-1)38-17-14-22-42(33-38)53(40-18-6-2-7-19-40)43-29-27-37-28-30-44(35-39(37)34-43)55-48-25-12-10-23-45(48)46-31-32-50-51(52(46)55)47-24-11-13-26-49(47)54(50)41-20-8-3-9-21-41;1-7-5-3-2-4-6-7/h1-35H;2-6H,1H3. The molecule has 0 amide bonds. The number of nitrogens with zero attached hydrogens (tertiary/aromatic N) is 3. The molecule has 12 aromatic rings. The lowest BCUT2D eigenvalue weighted by Gasteiger charge is -2.26. The maximum Gasteiger partial charge on any atom is 0.0641 e. The molecule has 2 heterocycles. The molecule has 0 unspecified atom stereocenters. The molecular weight excluding hydrogens is 751 g/mol. The third kappa shape index (κ3) is 6.57. The van der Waals surface area contributed by atoms with Crippen molar-refractivity contribution >= 4 is 71.4 Å². The number of hydrogen-bond donors (Lipinski definition) is 0. The second kappa shape index (κ2) is 15.8. The van der Waals surface area contributed by atoms with Crippen LogP contribution in [0, 0.1) is 6.92 Å². The summed E-state index contributed by atoms with van der Waals surface area (Å²) in [5.74, 6) is 0. The lowest BCUT2D eigenvalue weighted by molar-refractivity contribution is 1.18. The van der Waals surface area contributed by atoms with Crippen molar-refractivity contribution in [1.82, 2.24) is 9.13 Å². The lowest BCUT2D eigenvalue weighted by atomic mass is 10.0. The van der Waals surface area contributed by atoms with E-state index in [0.717, 1.165) is 28.4 Å². The molecule has 3 nitrogen and oxygen atoms in total. The van der Waals surface area contributed by atoms with Gasteiger partial charge >= 0.3 is 0 Å². The summed E-state index contributed by atoms with van der Waals surface area (Å²) < 4.78 is 4.89. The van der Waals surface area contributed by atoms with Gasteiger partial charge < -0.3 is 14.0 Å². The molecule has 62 heavy (non-hydrogen) atoms. The molecule has 0 saturated carbocycles. The number of fused-ring (bicyclic) bond motifs is 8. The van der Waals surface area contributed by atoms with Crippen LogP contribution in [0.15, 0.2) is 243 Å². The average molecular weight is 794 g/mol. The van der Waals surface area contributed by atoms with Crippen molar-refractivity contribution in [3.05, 3.63) is 248 Å². The van der Waals surface area contributed by atoms with Crippen LogP contribution in [0.4, 0.5) is 17.1 Å². The Balaban J connectivity index is 0.000000565. The largest absolute Gasteiger partial charge is 0.310 e. The molecule has 0 saturated heterocycles. The van der Waals surface area contributed by atoms with Crippen molar-refractivity contribution in [2.24, 2.45) is 0 Å². The minimum absolute atomic E-state index is 1.11. The van der Waals surface area contributed by atoms with Gasteiger partial charge in [-0.15, -0.1) is 0 Å². The van der Waals surface area contributed by atoms with E-state index in [1.54, 1.807) is 0 Å². The van der Waals surface area contributed by atoms with Crippen LogP contribution >= 0.6 is 0 Å². The first kappa shape index (κ1) is 36.9. The Morgan fingerprint density at radius 1 is 0.323 bits per heavy atom. The molecule has 294 valence electrons. The molecule has 0 fully saturated rings. The molecule has 0 N–H and O–H groups in total. The fourth-order valence-electron chi connectivity index (χ4n) is 9.15. The van der Waals surface area contributed by atoms with Gasteiger partial charge in [0.05, 0.1) is 22.1 Å². The first-order chi connectivity index (χ1) is 30.7. The van der Waals surface area contributed by atoms with Crippen molar-refractivity contribution in [2.45, 2.75) is 6.92 Å². The molecule has 0 aliphatic rings. The Bertz CT molecular complexity index is 3510. The second-order valence-electron chi connectivity index (χ2n) is 15.9. The van der Waals surface area contributed by atoms with Crippen molar-refractivity contribution in [3.63, 3.8) is 0 Å². The normalized spacial score (nSPS) is 11.3. The van der Waals surface area contributed by atoms with Crippen LogP contribution in [0.1, 0.15) is 5.56 Å². The number of aromatic nitrogens is 2. The number of anilines is 3. The quantitative estimate of drug-likeness (QED) is 0.163. The Hall–Kier alpha value is -8.14. The Morgan fingerprint density at radius 2 is 0.903 bits per heavy atom. The lowest BCUT2D eigenvalue weighted by Crippen LogP contribution is -2.09. The van der Waals surface area contributed by atoms with E-state index in [1.165, 1.54) is 71.1 Å². The van der Waals surface area contributed by atoms with Crippen LogP contribution < -0.4 is 4.90 Å². The predicted octanol–water partition coefficient (Wildman–Crippen LogP) is 16.2. The zero-order valence-electron chi connectivity index (χ0n) is 34.4. The van der Waals surface area contributed by atoms with Crippen molar-refractivity contribution in [2.75, 3.05) is 4.90 Å². The minimum Gasteiger partial charge on any atom is -0.310 e. The first-order valence-corrected chi connectivity index (χ1v) is 21.3. The van der Waals surface area contributed by atoms with Gasteiger partial charge in [-0.2, -0.15) is 0 Å². The second-order valence-corrected chi connectivity index (χ2v) is 15.9. The van der Waals surface area contributed by atoms with Crippen LogP contribution in [0.3, 0.4) is 0 Å². The molecule has 0 spiro atoms. The molecular formula is C59H43N3. The summed E-state index contributed by atoms with van der Waals surface area (Å²) in [5, 5.41) is 7.38. The van der Waals surface area contributed by atoms with E-state index in [4.69, 9.17) is 0 Å². The van der Waals surface area contributed by atoms with Crippen LogP contribution in [0.5, 0.6) is 0 Å². The number of benzene rings is 10. The predicted molar refractivity (Wildman–Crippen MR) is 264 cm³/mol. The van der Waals surface area contributed by atoms with Gasteiger partial charge in [-0.3, -0.25) is 0 Å². The topological polar surface area (TPSA) is 13.1 Å². The van der Waals surface area contributed by atoms with E-state index in [9.17, 15) is 0 Å². The minimum atomic E-state index is 1.11. The molecule has 2 aromatic heterocycles. The van der Waals surface area contributed by atoms with Crippen LogP contribution in [0.25, 0.3) is 76.9 Å². The van der Waals surface area contributed by atoms with Gasteiger partial charge in [-0.05, 0) is 108 Å². The molecule has 3 heteroatoms. The van der Waals surface area contributed by atoms with Gasteiger partial charge in [-0.25, -0.2) is 0 Å². The van der Waals surface area contributed by atoms with Gasteiger partial charge in [0.25, 0.3) is 0 Å². The summed E-state index contributed by atoms with van der Waals surface area (Å²) in [4.78, 5) is 2.36. The average Bonchev–Trinajstić information content (AvgIpc) is 3.86. The molecule has 0 radical (unpaired) electrons. The number of hydrogen-bond acceptors (Lipinski definition) is 1. The van der Waals surface area contributed by atoms with Gasteiger partial charge in [-0.1, -0.05) is 169 Å².